The van der Waals surface area contributed by atoms with E-state index in [2.05, 4.69) is 10.0 Å². The summed E-state index contributed by atoms with van der Waals surface area (Å²) >= 11 is 0. The molecule has 0 aromatic heterocycles. The lowest BCUT2D eigenvalue weighted by Gasteiger charge is -2.26. The maximum atomic E-state index is 12.8. The quantitative estimate of drug-likeness (QED) is 0.660. The number of benzene rings is 1. The first-order valence-electron chi connectivity index (χ1n) is 8.88. The first-order chi connectivity index (χ1) is 12.4. The lowest BCUT2D eigenvalue weighted by atomic mass is 10.1. The fraction of sp³-hybridized carbons (Fsp3) is 0.529. The number of rotatable bonds is 6. The molecule has 10 heteroatoms. The zero-order valence-corrected chi connectivity index (χ0v) is 17.5. The summed E-state index contributed by atoms with van der Waals surface area (Å²) in [5, 5.41) is 3.17. The van der Waals surface area contributed by atoms with E-state index in [0.29, 0.717) is 13.1 Å². The molecule has 0 unspecified atom stereocenters. The van der Waals surface area contributed by atoms with Crippen LogP contribution in [0.4, 0.5) is 0 Å². The molecule has 0 aliphatic carbocycles. The maximum absolute atomic E-state index is 12.8. The minimum atomic E-state index is -3.77. The summed E-state index contributed by atoms with van der Waals surface area (Å²) in [5.74, 6) is 0. The number of halogens is 1. The van der Waals surface area contributed by atoms with Crippen LogP contribution in [-0.2, 0) is 20.0 Å². The SMILES string of the molecule is Cl.O=S(=O)(NCC1=CCNCC1)c1cccc(S(=O)(=O)N2CCCCC2)c1. The average Bonchev–Trinajstić information content (AvgIpc) is 2.68. The number of sulfonamides is 2. The van der Waals surface area contributed by atoms with Gasteiger partial charge in [-0.05, 0) is 44.0 Å². The van der Waals surface area contributed by atoms with Crippen molar-refractivity contribution in [3.63, 3.8) is 0 Å². The van der Waals surface area contributed by atoms with Gasteiger partial charge in [-0.2, -0.15) is 4.31 Å². The lowest BCUT2D eigenvalue weighted by molar-refractivity contribution is 0.346. The van der Waals surface area contributed by atoms with Crippen molar-refractivity contribution in [2.24, 2.45) is 0 Å². The van der Waals surface area contributed by atoms with Crippen molar-refractivity contribution >= 4 is 32.5 Å². The van der Waals surface area contributed by atoms with Crippen molar-refractivity contribution in [1.29, 1.82) is 0 Å². The minimum absolute atomic E-state index is 0. The van der Waals surface area contributed by atoms with E-state index >= 15 is 0 Å². The molecule has 27 heavy (non-hydrogen) atoms. The lowest BCUT2D eigenvalue weighted by Crippen LogP contribution is -2.35. The summed E-state index contributed by atoms with van der Waals surface area (Å²) < 4.78 is 54.7. The summed E-state index contributed by atoms with van der Waals surface area (Å²) in [6, 6.07) is 5.62. The summed E-state index contributed by atoms with van der Waals surface area (Å²) in [5.41, 5.74) is 1.03. The van der Waals surface area contributed by atoms with E-state index in [4.69, 9.17) is 0 Å². The van der Waals surface area contributed by atoms with Crippen molar-refractivity contribution in [3.8, 4) is 0 Å². The molecule has 2 aliphatic rings. The van der Waals surface area contributed by atoms with Crippen LogP contribution in [0.3, 0.4) is 0 Å². The third-order valence-corrected chi connectivity index (χ3v) is 8.01. The van der Waals surface area contributed by atoms with Gasteiger partial charge in [-0.3, -0.25) is 0 Å². The molecule has 2 N–H and O–H groups in total. The Morgan fingerprint density at radius 1 is 1.04 bits per heavy atom. The Hall–Kier alpha value is -0.970. The molecular formula is C17H26ClN3O4S2. The van der Waals surface area contributed by atoms with Gasteiger partial charge in [-0.1, -0.05) is 24.1 Å². The van der Waals surface area contributed by atoms with E-state index in [1.54, 1.807) is 0 Å². The molecular weight excluding hydrogens is 410 g/mol. The summed E-state index contributed by atoms with van der Waals surface area (Å²) in [6.45, 7) is 2.78. The molecule has 0 bridgehead atoms. The second-order valence-electron chi connectivity index (χ2n) is 6.58. The van der Waals surface area contributed by atoms with Crippen LogP contribution in [0.5, 0.6) is 0 Å². The molecule has 3 rings (SSSR count). The Kier molecular flexibility index (Phi) is 7.84. The fourth-order valence-electron chi connectivity index (χ4n) is 3.16. The highest BCUT2D eigenvalue weighted by molar-refractivity contribution is 7.90. The molecule has 2 aliphatic heterocycles. The van der Waals surface area contributed by atoms with Crippen LogP contribution >= 0.6 is 12.4 Å². The molecule has 7 nitrogen and oxygen atoms in total. The van der Waals surface area contributed by atoms with E-state index in [1.807, 2.05) is 6.08 Å². The van der Waals surface area contributed by atoms with Crippen LogP contribution in [0.25, 0.3) is 0 Å². The predicted molar refractivity (Wildman–Crippen MR) is 107 cm³/mol. The third kappa shape index (κ3) is 5.52. The van der Waals surface area contributed by atoms with Crippen LogP contribution in [0.1, 0.15) is 25.7 Å². The van der Waals surface area contributed by atoms with E-state index in [9.17, 15) is 16.8 Å². The highest BCUT2D eigenvalue weighted by atomic mass is 35.5. The second-order valence-corrected chi connectivity index (χ2v) is 10.3. The molecule has 0 saturated carbocycles. The number of nitrogens with zero attached hydrogens (tertiary/aromatic N) is 1. The molecule has 152 valence electrons. The number of hydrogen-bond acceptors (Lipinski definition) is 5. The van der Waals surface area contributed by atoms with Gasteiger partial charge in [-0.15, -0.1) is 12.4 Å². The molecule has 1 saturated heterocycles. The normalized spacial score (nSPS) is 19.2. The topological polar surface area (TPSA) is 95.6 Å². The molecule has 0 amide bonds. The van der Waals surface area contributed by atoms with Gasteiger partial charge < -0.3 is 5.32 Å². The van der Waals surface area contributed by atoms with Gasteiger partial charge in [0.2, 0.25) is 20.0 Å². The van der Waals surface area contributed by atoms with Crippen molar-refractivity contribution in [2.45, 2.75) is 35.5 Å². The smallest absolute Gasteiger partial charge is 0.243 e. The molecule has 0 atom stereocenters. The Morgan fingerprint density at radius 2 is 1.74 bits per heavy atom. The fourth-order valence-corrected chi connectivity index (χ4v) is 5.88. The highest BCUT2D eigenvalue weighted by Crippen LogP contribution is 2.22. The van der Waals surface area contributed by atoms with Gasteiger partial charge in [0.05, 0.1) is 9.79 Å². The third-order valence-electron chi connectivity index (χ3n) is 4.72. The molecule has 2 heterocycles. The van der Waals surface area contributed by atoms with E-state index in [1.165, 1.54) is 28.6 Å². The molecule has 1 aromatic rings. The molecule has 1 fully saturated rings. The van der Waals surface area contributed by atoms with Crippen LogP contribution < -0.4 is 10.0 Å². The van der Waals surface area contributed by atoms with Gasteiger partial charge in [0, 0.05) is 26.2 Å². The van der Waals surface area contributed by atoms with Crippen LogP contribution in [0, 0.1) is 0 Å². The van der Waals surface area contributed by atoms with Gasteiger partial charge in [-0.25, -0.2) is 21.6 Å². The first-order valence-corrected chi connectivity index (χ1v) is 11.8. The number of hydrogen-bond donors (Lipinski definition) is 2. The molecule has 1 aromatic carbocycles. The monoisotopic (exact) mass is 435 g/mol. The van der Waals surface area contributed by atoms with Gasteiger partial charge in [0.25, 0.3) is 0 Å². The molecule has 0 radical (unpaired) electrons. The summed E-state index contributed by atoms with van der Waals surface area (Å²) in [4.78, 5) is 0.00785. The van der Waals surface area contributed by atoms with Crippen molar-refractivity contribution in [1.82, 2.24) is 14.3 Å². The second kappa shape index (κ2) is 9.49. The Morgan fingerprint density at radius 3 is 2.41 bits per heavy atom. The van der Waals surface area contributed by atoms with Crippen LogP contribution in [0.2, 0.25) is 0 Å². The average molecular weight is 436 g/mol. The zero-order chi connectivity index (χ0) is 18.6. The van der Waals surface area contributed by atoms with Crippen LogP contribution in [0.15, 0.2) is 45.7 Å². The van der Waals surface area contributed by atoms with Crippen molar-refractivity contribution < 1.29 is 16.8 Å². The first kappa shape index (κ1) is 22.3. The Labute approximate surface area is 167 Å². The van der Waals surface area contributed by atoms with E-state index in [-0.39, 0.29) is 28.7 Å². The predicted octanol–water partition coefficient (Wildman–Crippen LogP) is 1.48. The van der Waals surface area contributed by atoms with E-state index in [0.717, 1.165) is 44.3 Å². The van der Waals surface area contributed by atoms with Gasteiger partial charge in [0.15, 0.2) is 0 Å². The standard InChI is InChI=1S/C17H25N3O4S2.ClH/c21-25(22,19-14-15-7-9-18-10-8-15)16-5-4-6-17(13-16)26(23,24)20-11-2-1-3-12-20;/h4-7,13,18-19H,1-3,8-12,14H2;1H. The zero-order valence-electron chi connectivity index (χ0n) is 15.1. The van der Waals surface area contributed by atoms with Crippen molar-refractivity contribution in [3.05, 3.63) is 35.9 Å². The number of piperidine rings is 1. The molecule has 0 spiro atoms. The van der Waals surface area contributed by atoms with Crippen molar-refractivity contribution in [2.75, 3.05) is 32.7 Å². The van der Waals surface area contributed by atoms with E-state index < -0.39 is 20.0 Å². The number of nitrogens with one attached hydrogen (secondary N) is 2. The largest absolute Gasteiger partial charge is 0.313 e. The van der Waals surface area contributed by atoms with Gasteiger partial charge in [0.1, 0.15) is 0 Å². The van der Waals surface area contributed by atoms with Gasteiger partial charge >= 0.3 is 0 Å². The Balaban J connectivity index is 0.00000261. The Bertz CT molecular complexity index is 879. The summed E-state index contributed by atoms with van der Waals surface area (Å²) in [6.07, 6.45) is 5.47. The minimum Gasteiger partial charge on any atom is -0.313 e. The highest BCUT2D eigenvalue weighted by Gasteiger charge is 2.27. The summed E-state index contributed by atoms with van der Waals surface area (Å²) in [7, 11) is -7.43. The maximum Gasteiger partial charge on any atom is 0.243 e. The van der Waals surface area contributed by atoms with Crippen LogP contribution in [-0.4, -0.2) is 53.9 Å².